The van der Waals surface area contributed by atoms with Crippen LogP contribution in [0, 0.1) is 34.0 Å². The number of aliphatic hydroxyl groups excluding tert-OH is 1. The number of hydrogen-bond donors (Lipinski definition) is 1. The second-order valence-electron chi connectivity index (χ2n) is 14.1. The van der Waals surface area contributed by atoms with Crippen molar-refractivity contribution in [2.45, 2.75) is 77.2 Å². The van der Waals surface area contributed by atoms with Crippen LogP contribution in [0.3, 0.4) is 0 Å². The van der Waals surface area contributed by atoms with E-state index in [1.54, 1.807) is 11.3 Å². The summed E-state index contributed by atoms with van der Waals surface area (Å²) in [5, 5.41) is 15.4. The number of piperazine rings is 1. The molecule has 234 valence electrons. The number of anilines is 1. The van der Waals surface area contributed by atoms with Crippen LogP contribution in [0.2, 0.25) is 0 Å². The highest BCUT2D eigenvalue weighted by Crippen LogP contribution is 2.68. The summed E-state index contributed by atoms with van der Waals surface area (Å²) in [5.74, 6) is 0.849. The normalized spacial score (nSPS) is 38.4. The van der Waals surface area contributed by atoms with Gasteiger partial charge in [-0.3, -0.25) is 9.59 Å². The number of ketones is 1. The van der Waals surface area contributed by atoms with Crippen LogP contribution >= 0.6 is 23.1 Å². The van der Waals surface area contributed by atoms with Gasteiger partial charge in [0.1, 0.15) is 22.5 Å². The smallest absolute Gasteiger partial charge is 0.316 e. The van der Waals surface area contributed by atoms with Gasteiger partial charge in [-0.25, -0.2) is 9.97 Å². The minimum absolute atomic E-state index is 0.0511. The number of thiophene rings is 1. The van der Waals surface area contributed by atoms with Crippen molar-refractivity contribution in [2.75, 3.05) is 43.9 Å². The van der Waals surface area contributed by atoms with Crippen LogP contribution in [0.5, 0.6) is 0 Å². The molecule has 3 saturated carbocycles. The molecule has 1 saturated heterocycles. The summed E-state index contributed by atoms with van der Waals surface area (Å²) >= 11 is 2.89. The maximum absolute atomic E-state index is 13.7. The first kappa shape index (κ1) is 31.0. The summed E-state index contributed by atoms with van der Waals surface area (Å²) in [5.41, 5.74) is -1.46. The van der Waals surface area contributed by atoms with E-state index < -0.39 is 23.0 Å². The van der Waals surface area contributed by atoms with E-state index in [-0.39, 0.29) is 40.7 Å². The van der Waals surface area contributed by atoms with E-state index in [1.165, 1.54) is 11.8 Å². The number of thioether (sulfide) groups is 1. The lowest BCUT2D eigenvalue weighted by Crippen LogP contribution is -2.63. The fourth-order valence-electron chi connectivity index (χ4n) is 8.96. The van der Waals surface area contributed by atoms with Crippen molar-refractivity contribution in [3.63, 3.8) is 0 Å². The van der Waals surface area contributed by atoms with Crippen LogP contribution in [-0.2, 0) is 14.3 Å². The summed E-state index contributed by atoms with van der Waals surface area (Å²) in [6.45, 7) is 16.4. The average Bonchev–Trinajstić information content (AvgIpc) is 3.61. The van der Waals surface area contributed by atoms with Gasteiger partial charge in [-0.1, -0.05) is 45.5 Å². The second-order valence-corrected chi connectivity index (χ2v) is 15.9. The number of aliphatic hydroxyl groups is 1. The van der Waals surface area contributed by atoms with Crippen LogP contribution < -0.4 is 4.90 Å². The third-order valence-corrected chi connectivity index (χ3v) is 13.6. The highest BCUT2D eigenvalue weighted by Gasteiger charge is 2.68. The molecule has 0 radical (unpaired) electrons. The fourth-order valence-corrected chi connectivity index (χ4v) is 10.4. The first-order chi connectivity index (χ1) is 20.4. The van der Waals surface area contributed by atoms with Gasteiger partial charge in [-0.2, -0.15) is 0 Å². The Morgan fingerprint density at radius 3 is 2.70 bits per heavy atom. The summed E-state index contributed by atoms with van der Waals surface area (Å²) in [6, 6.07) is 2.08. The molecule has 0 aromatic carbocycles. The average molecular weight is 627 g/mol. The van der Waals surface area contributed by atoms with Gasteiger partial charge in [0.05, 0.1) is 17.2 Å². The molecule has 8 nitrogen and oxygen atoms in total. The Kier molecular flexibility index (Phi) is 8.22. The predicted molar refractivity (Wildman–Crippen MR) is 172 cm³/mol. The largest absolute Gasteiger partial charge is 0.461 e. The fraction of sp³-hybridized carbons (Fsp3) is 0.697. The molecule has 4 aliphatic rings. The zero-order chi connectivity index (χ0) is 30.7. The van der Waals surface area contributed by atoms with E-state index in [0.29, 0.717) is 18.0 Å². The monoisotopic (exact) mass is 626 g/mol. The third-order valence-electron chi connectivity index (χ3n) is 12.0. The molecule has 2 bridgehead atoms. The van der Waals surface area contributed by atoms with Crippen molar-refractivity contribution in [3.05, 3.63) is 24.1 Å². The summed E-state index contributed by atoms with van der Waals surface area (Å²) in [7, 11) is 2.14. The number of esters is 1. The summed E-state index contributed by atoms with van der Waals surface area (Å²) in [4.78, 5) is 42.6. The van der Waals surface area contributed by atoms with Crippen molar-refractivity contribution in [3.8, 4) is 0 Å². The summed E-state index contributed by atoms with van der Waals surface area (Å²) in [6.07, 6.45) is 4.27. The summed E-state index contributed by atoms with van der Waals surface area (Å²) < 4.78 is 6.43. The number of likely N-dealkylation sites (N-methyl/N-ethyl adjacent to an activating group) is 1. The molecule has 8 atom stereocenters. The Hall–Kier alpha value is -2.01. The molecule has 2 aromatic rings. The Balaban J connectivity index is 1.26. The number of carbonyl (C=O) groups is 2. The molecule has 0 unspecified atom stereocenters. The van der Waals surface area contributed by atoms with Gasteiger partial charge in [-0.05, 0) is 61.4 Å². The van der Waals surface area contributed by atoms with Crippen molar-refractivity contribution in [1.29, 1.82) is 0 Å². The minimum Gasteiger partial charge on any atom is -0.461 e. The van der Waals surface area contributed by atoms with Gasteiger partial charge < -0.3 is 19.6 Å². The molecule has 10 heteroatoms. The predicted octanol–water partition coefficient (Wildman–Crippen LogP) is 5.44. The number of rotatable bonds is 6. The number of ether oxygens (including phenoxy) is 1. The van der Waals surface area contributed by atoms with Crippen LogP contribution in [0.1, 0.15) is 59.8 Å². The molecule has 1 aliphatic heterocycles. The number of hydrogen-bond acceptors (Lipinski definition) is 10. The molecular formula is C33H46N4O4S2. The number of Topliss-reactive ketones (excluding diaryl/α,β-unsaturated/α-hetero) is 1. The van der Waals surface area contributed by atoms with E-state index in [1.807, 2.05) is 18.4 Å². The van der Waals surface area contributed by atoms with E-state index >= 15 is 0 Å². The van der Waals surface area contributed by atoms with Gasteiger partial charge in [0.15, 0.2) is 5.16 Å². The first-order valence-electron chi connectivity index (χ1n) is 15.8. The maximum Gasteiger partial charge on any atom is 0.316 e. The standard InChI is InChI=1S/C33H46N4O4S2/c1-7-31(4)18-24(32(5)20(2)8-11-33(21(3)27(31)40)12-9-23(38)26(32)33)41-25(39)19-43-30-34-28(22-10-17-42-29(22)35-30)37-15-13-36(6)14-16-37/h7,10,17,20-21,24,26-27,40H,1,8-9,11-16,18-19H2,2-6H3/t20-,21+,24-,26+,27+,31-,32+,33+/m1/s1. The lowest BCUT2D eigenvalue weighted by Gasteiger charge is -2.61. The molecule has 4 fully saturated rings. The quantitative estimate of drug-likeness (QED) is 0.195. The van der Waals surface area contributed by atoms with Gasteiger partial charge in [0, 0.05) is 49.3 Å². The zero-order valence-corrected chi connectivity index (χ0v) is 27.8. The molecule has 0 amide bonds. The van der Waals surface area contributed by atoms with Gasteiger partial charge in [0.25, 0.3) is 0 Å². The number of fused-ring (bicyclic) bond motifs is 1. The molecule has 3 heterocycles. The van der Waals surface area contributed by atoms with Crippen molar-refractivity contribution in [2.24, 2.45) is 34.0 Å². The van der Waals surface area contributed by atoms with Crippen LogP contribution in [0.15, 0.2) is 29.3 Å². The van der Waals surface area contributed by atoms with E-state index in [2.05, 4.69) is 50.3 Å². The van der Waals surface area contributed by atoms with E-state index in [0.717, 1.165) is 61.5 Å². The molecule has 1 N–H and O–H groups in total. The second kappa shape index (κ2) is 11.4. The van der Waals surface area contributed by atoms with Crippen LogP contribution in [0.25, 0.3) is 10.2 Å². The van der Waals surface area contributed by atoms with Crippen molar-refractivity contribution >= 4 is 50.9 Å². The van der Waals surface area contributed by atoms with Gasteiger partial charge in [0.2, 0.25) is 0 Å². The molecule has 2 aromatic heterocycles. The highest BCUT2D eigenvalue weighted by atomic mass is 32.2. The van der Waals surface area contributed by atoms with Gasteiger partial charge >= 0.3 is 5.97 Å². The lowest BCUT2D eigenvalue weighted by atomic mass is 9.44. The van der Waals surface area contributed by atoms with Gasteiger partial charge in [-0.15, -0.1) is 17.9 Å². The molecule has 43 heavy (non-hydrogen) atoms. The van der Waals surface area contributed by atoms with E-state index in [4.69, 9.17) is 14.7 Å². The number of carbonyl (C=O) groups excluding carboxylic acids is 2. The van der Waals surface area contributed by atoms with Crippen LogP contribution in [0.4, 0.5) is 5.82 Å². The first-order valence-corrected chi connectivity index (χ1v) is 17.6. The molecule has 6 rings (SSSR count). The van der Waals surface area contributed by atoms with Crippen molar-refractivity contribution < 1.29 is 19.4 Å². The number of aromatic nitrogens is 2. The number of nitrogens with zero attached hydrogens (tertiary/aromatic N) is 4. The molecular weight excluding hydrogens is 581 g/mol. The Morgan fingerprint density at radius 2 is 1.98 bits per heavy atom. The minimum atomic E-state index is -0.675. The Morgan fingerprint density at radius 1 is 1.23 bits per heavy atom. The highest BCUT2D eigenvalue weighted by molar-refractivity contribution is 7.99. The maximum atomic E-state index is 13.7. The SMILES string of the molecule is C=C[C@]1(C)C[C@@H](OC(=O)CSc2nc(N3CCN(C)CC3)c3ccsc3n2)[C@]2(C)[C@H](C)CC[C@]3(CCC(=O)[C@H]32)[C@@H](C)[C@@H]1O. The van der Waals surface area contributed by atoms with E-state index in [9.17, 15) is 14.7 Å². The van der Waals surface area contributed by atoms with Crippen LogP contribution in [-0.4, -0.2) is 82.9 Å². The zero-order valence-electron chi connectivity index (χ0n) is 26.2. The lowest BCUT2D eigenvalue weighted by molar-refractivity contribution is -0.205. The molecule has 3 aliphatic carbocycles. The van der Waals surface area contributed by atoms with Crippen molar-refractivity contribution in [1.82, 2.24) is 14.9 Å². The molecule has 0 spiro atoms. The third kappa shape index (κ3) is 5.04. The Bertz CT molecular complexity index is 1410. The Labute approximate surface area is 263 Å². The topological polar surface area (TPSA) is 95.9 Å².